The number of ether oxygens (including phenoxy) is 1. The van der Waals surface area contributed by atoms with E-state index in [1.807, 2.05) is 30.3 Å². The lowest BCUT2D eigenvalue weighted by Gasteiger charge is -2.08. The average Bonchev–Trinajstić information content (AvgIpc) is 2.29. The maximum absolute atomic E-state index is 11.3. The molecule has 0 amide bonds. The molecule has 1 aromatic rings. The minimum Gasteiger partial charge on any atom is -0.462 e. The molecule has 0 aromatic heterocycles. The Morgan fingerprint density at radius 2 is 2.00 bits per heavy atom. The summed E-state index contributed by atoms with van der Waals surface area (Å²) in [5.74, 6) is -0.509. The van der Waals surface area contributed by atoms with Crippen LogP contribution in [-0.2, 0) is 9.53 Å². The van der Waals surface area contributed by atoms with E-state index in [0.717, 1.165) is 5.69 Å². The van der Waals surface area contributed by atoms with Crippen molar-refractivity contribution in [3.63, 3.8) is 0 Å². The second-order valence-corrected chi connectivity index (χ2v) is 3.53. The first-order chi connectivity index (χ1) is 7.65. The number of hydrogen-bond donors (Lipinski definition) is 1. The molecular formula is C12H14ClNO2. The van der Waals surface area contributed by atoms with E-state index < -0.39 is 5.97 Å². The van der Waals surface area contributed by atoms with Gasteiger partial charge in [0.2, 0.25) is 0 Å². The smallest absolute Gasteiger partial charge is 0.351 e. The standard InChI is InChI=1S/C12H14ClNO2/c1-3-16-12(15)11(13)9(2)14-10-7-5-4-6-8-10/h4-8,14H,3H2,1-2H3/b11-9+. The van der Waals surface area contributed by atoms with Crippen LogP contribution in [-0.4, -0.2) is 12.6 Å². The van der Waals surface area contributed by atoms with Crippen molar-refractivity contribution in [2.24, 2.45) is 0 Å². The first-order valence-electron chi connectivity index (χ1n) is 5.00. The lowest BCUT2D eigenvalue weighted by Crippen LogP contribution is -2.08. The molecule has 0 saturated heterocycles. The monoisotopic (exact) mass is 239 g/mol. The zero-order valence-electron chi connectivity index (χ0n) is 9.29. The molecule has 86 valence electrons. The summed E-state index contributed by atoms with van der Waals surface area (Å²) in [4.78, 5) is 11.3. The summed E-state index contributed by atoms with van der Waals surface area (Å²) >= 11 is 5.85. The van der Waals surface area contributed by atoms with E-state index in [1.54, 1.807) is 13.8 Å². The van der Waals surface area contributed by atoms with Crippen molar-refractivity contribution in [3.05, 3.63) is 41.1 Å². The van der Waals surface area contributed by atoms with Crippen molar-refractivity contribution in [1.82, 2.24) is 0 Å². The van der Waals surface area contributed by atoms with Crippen molar-refractivity contribution in [1.29, 1.82) is 0 Å². The molecule has 3 nitrogen and oxygen atoms in total. The fraction of sp³-hybridized carbons (Fsp3) is 0.250. The number of allylic oxidation sites excluding steroid dienone is 1. The van der Waals surface area contributed by atoms with E-state index >= 15 is 0 Å². The summed E-state index contributed by atoms with van der Waals surface area (Å²) in [5.41, 5.74) is 1.45. The van der Waals surface area contributed by atoms with Gasteiger partial charge in [0.15, 0.2) is 0 Å². The molecule has 0 bridgehead atoms. The van der Waals surface area contributed by atoms with E-state index in [-0.39, 0.29) is 5.03 Å². The van der Waals surface area contributed by atoms with Crippen LogP contribution < -0.4 is 5.32 Å². The molecule has 0 radical (unpaired) electrons. The molecule has 0 saturated carbocycles. The molecule has 0 aliphatic carbocycles. The molecule has 0 atom stereocenters. The number of benzene rings is 1. The second-order valence-electron chi connectivity index (χ2n) is 3.15. The van der Waals surface area contributed by atoms with Crippen LogP contribution in [0.15, 0.2) is 41.1 Å². The SMILES string of the molecule is CCOC(=O)/C(Cl)=C(/C)Nc1ccccc1. The molecular weight excluding hydrogens is 226 g/mol. The van der Waals surface area contributed by atoms with Gasteiger partial charge in [0, 0.05) is 11.4 Å². The number of rotatable bonds is 4. The largest absolute Gasteiger partial charge is 0.462 e. The summed E-state index contributed by atoms with van der Waals surface area (Å²) in [6.45, 7) is 3.78. The highest BCUT2D eigenvalue weighted by Gasteiger charge is 2.11. The third-order valence-electron chi connectivity index (χ3n) is 1.89. The van der Waals surface area contributed by atoms with Gasteiger partial charge in [0.25, 0.3) is 0 Å². The predicted octanol–water partition coefficient (Wildman–Crippen LogP) is 3.13. The average molecular weight is 240 g/mol. The first-order valence-corrected chi connectivity index (χ1v) is 5.38. The molecule has 4 heteroatoms. The molecule has 0 aliphatic rings. The molecule has 0 unspecified atom stereocenters. The highest BCUT2D eigenvalue weighted by molar-refractivity contribution is 6.41. The zero-order valence-corrected chi connectivity index (χ0v) is 10.0. The molecule has 0 heterocycles. The van der Waals surface area contributed by atoms with Gasteiger partial charge in [-0.1, -0.05) is 29.8 Å². The van der Waals surface area contributed by atoms with E-state index in [2.05, 4.69) is 5.32 Å². The Morgan fingerprint density at radius 3 is 2.56 bits per heavy atom. The van der Waals surface area contributed by atoms with Crippen molar-refractivity contribution >= 4 is 23.3 Å². The first kappa shape index (κ1) is 12.6. The van der Waals surface area contributed by atoms with E-state index in [1.165, 1.54) is 0 Å². The molecule has 0 spiro atoms. The number of carbonyl (C=O) groups excluding carboxylic acids is 1. The molecule has 1 aromatic carbocycles. The van der Waals surface area contributed by atoms with Crippen LogP contribution in [0.25, 0.3) is 0 Å². The van der Waals surface area contributed by atoms with Gasteiger partial charge in [-0.25, -0.2) is 4.79 Å². The van der Waals surface area contributed by atoms with Gasteiger partial charge in [0.1, 0.15) is 5.03 Å². The van der Waals surface area contributed by atoms with E-state index in [0.29, 0.717) is 12.3 Å². The number of anilines is 1. The highest BCUT2D eigenvalue weighted by atomic mass is 35.5. The summed E-state index contributed by atoms with van der Waals surface area (Å²) in [7, 11) is 0. The summed E-state index contributed by atoms with van der Waals surface area (Å²) < 4.78 is 4.79. The van der Waals surface area contributed by atoms with Gasteiger partial charge in [-0.2, -0.15) is 0 Å². The Balaban J connectivity index is 2.73. The molecule has 1 rings (SSSR count). The van der Waals surface area contributed by atoms with Crippen molar-refractivity contribution in [3.8, 4) is 0 Å². The Labute approximate surface area is 100 Å². The fourth-order valence-corrected chi connectivity index (χ4v) is 1.24. The zero-order chi connectivity index (χ0) is 12.0. The van der Waals surface area contributed by atoms with Crippen LogP contribution in [0, 0.1) is 0 Å². The molecule has 1 N–H and O–H groups in total. The Morgan fingerprint density at radius 1 is 1.38 bits per heavy atom. The number of hydrogen-bond acceptors (Lipinski definition) is 3. The highest BCUT2D eigenvalue weighted by Crippen LogP contribution is 2.15. The normalized spacial score (nSPS) is 11.7. The Hall–Kier alpha value is -1.48. The van der Waals surface area contributed by atoms with Crippen molar-refractivity contribution in [2.75, 3.05) is 11.9 Å². The van der Waals surface area contributed by atoms with Crippen LogP contribution in [0.5, 0.6) is 0 Å². The van der Waals surface area contributed by atoms with Gasteiger partial charge in [-0.15, -0.1) is 0 Å². The van der Waals surface area contributed by atoms with Gasteiger partial charge < -0.3 is 10.1 Å². The van der Waals surface area contributed by atoms with Gasteiger partial charge in [-0.3, -0.25) is 0 Å². The minimum absolute atomic E-state index is 0.0747. The molecule has 0 aliphatic heterocycles. The maximum Gasteiger partial charge on any atom is 0.351 e. The fourth-order valence-electron chi connectivity index (χ4n) is 1.14. The van der Waals surface area contributed by atoms with Gasteiger partial charge >= 0.3 is 5.97 Å². The van der Waals surface area contributed by atoms with Crippen LogP contribution in [0.3, 0.4) is 0 Å². The van der Waals surface area contributed by atoms with E-state index in [9.17, 15) is 4.79 Å². The maximum atomic E-state index is 11.3. The lowest BCUT2D eigenvalue weighted by molar-refractivity contribution is -0.137. The lowest BCUT2D eigenvalue weighted by atomic mass is 10.3. The van der Waals surface area contributed by atoms with Gasteiger partial charge in [0.05, 0.1) is 6.61 Å². The minimum atomic E-state index is -0.509. The topological polar surface area (TPSA) is 38.3 Å². The Kier molecular flexibility index (Phi) is 4.86. The summed E-state index contributed by atoms with van der Waals surface area (Å²) in [6.07, 6.45) is 0. The van der Waals surface area contributed by atoms with Crippen molar-refractivity contribution < 1.29 is 9.53 Å². The Bertz CT molecular complexity index is 387. The van der Waals surface area contributed by atoms with Crippen LogP contribution in [0.1, 0.15) is 13.8 Å². The third-order valence-corrected chi connectivity index (χ3v) is 2.33. The number of esters is 1. The number of halogens is 1. The summed E-state index contributed by atoms with van der Waals surface area (Å²) in [5, 5.41) is 3.10. The second kappa shape index (κ2) is 6.18. The van der Waals surface area contributed by atoms with Crippen LogP contribution in [0.2, 0.25) is 0 Å². The van der Waals surface area contributed by atoms with Gasteiger partial charge in [-0.05, 0) is 26.0 Å². The van der Waals surface area contributed by atoms with Crippen molar-refractivity contribution in [2.45, 2.75) is 13.8 Å². The predicted molar refractivity (Wildman–Crippen MR) is 65.3 cm³/mol. The van der Waals surface area contributed by atoms with Crippen LogP contribution in [0.4, 0.5) is 5.69 Å². The molecule has 16 heavy (non-hydrogen) atoms. The third kappa shape index (κ3) is 3.59. The quantitative estimate of drug-likeness (QED) is 0.648. The number of para-hydroxylation sites is 1. The number of carbonyl (C=O) groups is 1. The molecule has 0 fully saturated rings. The summed E-state index contributed by atoms with van der Waals surface area (Å²) in [6, 6.07) is 9.48. The van der Waals surface area contributed by atoms with Crippen LogP contribution >= 0.6 is 11.6 Å². The number of nitrogens with one attached hydrogen (secondary N) is 1. The van der Waals surface area contributed by atoms with E-state index in [4.69, 9.17) is 16.3 Å².